The Labute approximate surface area is 665 Å². The molecule has 1 N–H and O–H groups in total. The molecular formula is C79H96BrN17O14Si2. The highest BCUT2D eigenvalue weighted by atomic mass is 79.9. The number of nitrogens with zero attached hydrogens (tertiary/aromatic N) is 16. The molecule has 9 aromatic rings. The highest BCUT2D eigenvalue weighted by Gasteiger charge is 2.32. The zero-order chi connectivity index (χ0) is 79.8. The molecule has 0 spiro atoms. The van der Waals surface area contributed by atoms with Crippen molar-refractivity contribution in [2.75, 3.05) is 85.5 Å². The van der Waals surface area contributed by atoms with Crippen molar-refractivity contribution in [1.82, 2.24) is 63.9 Å². The van der Waals surface area contributed by atoms with Crippen LogP contribution >= 0.6 is 15.9 Å². The van der Waals surface area contributed by atoms with Gasteiger partial charge in [0, 0.05) is 166 Å². The Morgan fingerprint density at radius 2 is 0.841 bits per heavy atom. The second kappa shape index (κ2) is 37.8. The molecule has 31 nitrogen and oxygen atoms in total. The standard InChI is InChI=1S/C28H36N6O5Si.C23H23N5O4.C14H20BrNO3Si.C14H17N5O2/c1-32-26(35)16-24(23-7-10-29-18-30-23)31-27(32)39-22-8-11-33(12-9-22)21-5-6-25-20(15-21)17-38-28(36)34(25)19-37-13-14-40(2,3)4;1-27-21(29)12-20(19-4-7-24-14-25-19)26-23(27)32-18-5-8-28(9-6-18)17-3-2-15-11-22(30)31-13-16(15)10-17;1-20(2,3)7-6-18-10-16-13-5-4-12(15)8-11(13)9-19-14(16)17;1-19-13(20)8-12(11-4-7-16-9-17-11)18-14(19)21-10-2-5-15-6-3-10/h5-7,10,15-16,18,22H,8-9,11-14,17,19H2,1-4H3;2-4,7,10,12,14,18H,5-6,8-9,11,13H2,1H3;4-5,8H,6-7,9-10H2,1-3H3;4,7-10,15H,2-3,5-6H2,1H3. The van der Waals surface area contributed by atoms with E-state index in [0.29, 0.717) is 79.0 Å². The van der Waals surface area contributed by atoms with E-state index in [1.54, 1.807) is 67.7 Å². The van der Waals surface area contributed by atoms with Gasteiger partial charge < -0.3 is 53.0 Å². The predicted octanol–water partition coefficient (Wildman–Crippen LogP) is 10.5. The summed E-state index contributed by atoms with van der Waals surface area (Å²) < 4.78 is 50.7. The minimum Gasteiger partial charge on any atom is -0.461 e. The van der Waals surface area contributed by atoms with Crippen molar-refractivity contribution in [2.24, 2.45) is 21.1 Å². The van der Waals surface area contributed by atoms with Crippen molar-refractivity contribution >= 4 is 73.0 Å². The Hall–Kier alpha value is -10.7. The van der Waals surface area contributed by atoms with Gasteiger partial charge >= 0.3 is 18.2 Å². The predicted molar refractivity (Wildman–Crippen MR) is 434 cm³/mol. The fraction of sp³-hybridized carbons (Fsp3) is 0.430. The number of hydrogen-bond acceptors (Lipinski definition) is 26. The summed E-state index contributed by atoms with van der Waals surface area (Å²) in [4.78, 5) is 118. The quantitative estimate of drug-likeness (QED) is 0.0302. The summed E-state index contributed by atoms with van der Waals surface area (Å²) in [6.07, 6.45) is 13.7. The molecule has 6 aliphatic rings. The number of rotatable bonds is 21. The molecule has 0 radical (unpaired) electrons. The lowest BCUT2D eigenvalue weighted by Crippen LogP contribution is -2.40. The van der Waals surface area contributed by atoms with Crippen LogP contribution in [0.15, 0.2) is 147 Å². The normalized spacial score (nSPS) is 15.9. The Morgan fingerprint density at radius 1 is 0.451 bits per heavy atom. The molecule has 2 amide bonds. The van der Waals surface area contributed by atoms with Crippen LogP contribution in [0.25, 0.3) is 34.2 Å². The van der Waals surface area contributed by atoms with Gasteiger partial charge in [-0.15, -0.1) is 0 Å². The van der Waals surface area contributed by atoms with Gasteiger partial charge in [0.2, 0.25) is 0 Å². The van der Waals surface area contributed by atoms with E-state index in [1.165, 1.54) is 50.9 Å². The van der Waals surface area contributed by atoms with Crippen LogP contribution in [0, 0.1) is 0 Å². The molecule has 3 fully saturated rings. The summed E-state index contributed by atoms with van der Waals surface area (Å²) in [5.74, 6) is -0.171. The molecule has 15 rings (SSSR count). The monoisotopic (exact) mass is 1640 g/mol. The number of anilines is 4. The third-order valence-corrected chi connectivity index (χ3v) is 23.6. The van der Waals surface area contributed by atoms with Gasteiger partial charge in [-0.3, -0.25) is 42.7 Å². The number of halogens is 1. The van der Waals surface area contributed by atoms with E-state index in [0.717, 1.165) is 139 Å². The Morgan fingerprint density at radius 3 is 1.26 bits per heavy atom. The number of nitrogens with one attached hydrogen (secondary N) is 1. The molecule has 12 heterocycles. The topological polar surface area (TPSA) is 332 Å². The van der Waals surface area contributed by atoms with Crippen LogP contribution < -0.4 is 55.8 Å². The molecule has 0 bridgehead atoms. The molecule has 113 heavy (non-hydrogen) atoms. The number of carbonyl (C=O) groups excluding carboxylic acids is 3. The average molecular weight is 1640 g/mol. The number of carbonyl (C=O) groups is 3. The van der Waals surface area contributed by atoms with Gasteiger partial charge in [0.15, 0.2) is 0 Å². The summed E-state index contributed by atoms with van der Waals surface area (Å²) in [7, 11) is 2.66. The first kappa shape index (κ1) is 81.8. The number of cyclic esters (lactones) is 3. The second-order valence-electron chi connectivity index (χ2n) is 30.5. The number of benzene rings is 3. The van der Waals surface area contributed by atoms with Crippen molar-refractivity contribution in [3.8, 4) is 52.2 Å². The lowest BCUT2D eigenvalue weighted by atomic mass is 10.0. The van der Waals surface area contributed by atoms with E-state index < -0.39 is 16.1 Å². The van der Waals surface area contributed by atoms with E-state index in [9.17, 15) is 28.8 Å². The summed E-state index contributed by atoms with van der Waals surface area (Å²) in [5, 5.41) is 3.28. The first-order valence-electron chi connectivity index (χ1n) is 37.8. The van der Waals surface area contributed by atoms with Crippen LogP contribution in [0.2, 0.25) is 51.4 Å². The third kappa shape index (κ3) is 22.4. The van der Waals surface area contributed by atoms with Gasteiger partial charge in [-0.1, -0.05) is 61.3 Å². The Balaban J connectivity index is 0.000000145. The highest BCUT2D eigenvalue weighted by Crippen LogP contribution is 2.35. The minimum absolute atomic E-state index is 0.0384. The molecule has 0 aliphatic carbocycles. The lowest BCUT2D eigenvalue weighted by Gasteiger charge is -2.35. The van der Waals surface area contributed by atoms with Crippen LogP contribution in [-0.4, -0.2) is 177 Å². The first-order chi connectivity index (χ1) is 54.3. The first-order valence-corrected chi connectivity index (χ1v) is 46.0. The zero-order valence-electron chi connectivity index (χ0n) is 65.2. The van der Waals surface area contributed by atoms with E-state index in [1.807, 2.05) is 36.4 Å². The van der Waals surface area contributed by atoms with Gasteiger partial charge in [0.1, 0.15) is 70.6 Å². The summed E-state index contributed by atoms with van der Waals surface area (Å²) in [6.45, 7) is 21.5. The number of aromatic nitrogens is 12. The van der Waals surface area contributed by atoms with E-state index in [-0.39, 0.29) is 79.2 Å². The van der Waals surface area contributed by atoms with Crippen molar-refractivity contribution in [3.63, 3.8) is 0 Å². The smallest absolute Gasteiger partial charge is 0.416 e. The minimum atomic E-state index is -1.21. The molecule has 6 aromatic heterocycles. The van der Waals surface area contributed by atoms with Gasteiger partial charge in [0.25, 0.3) is 34.7 Å². The van der Waals surface area contributed by atoms with Crippen molar-refractivity contribution in [2.45, 2.75) is 134 Å². The van der Waals surface area contributed by atoms with Gasteiger partial charge in [-0.05, 0) is 116 Å². The van der Waals surface area contributed by atoms with Gasteiger partial charge in [-0.25, -0.2) is 39.5 Å². The van der Waals surface area contributed by atoms with E-state index in [2.05, 4.69) is 133 Å². The Bertz CT molecular complexity index is 4960. The molecule has 0 saturated carbocycles. The van der Waals surface area contributed by atoms with Gasteiger partial charge in [0.05, 0.1) is 52.0 Å². The van der Waals surface area contributed by atoms with E-state index in [4.69, 9.17) is 37.9 Å². The van der Waals surface area contributed by atoms with E-state index >= 15 is 0 Å². The number of esters is 1. The largest absolute Gasteiger partial charge is 0.461 e. The number of ether oxygens (including phenoxy) is 8. The van der Waals surface area contributed by atoms with Crippen LogP contribution in [0.1, 0.15) is 60.8 Å². The number of fused-ring (bicyclic) bond motifs is 3. The maximum absolute atomic E-state index is 12.5. The molecular weight excluding hydrogens is 1550 g/mol. The molecule has 3 aromatic carbocycles. The molecule has 0 atom stereocenters. The second-order valence-corrected chi connectivity index (χ2v) is 42.6. The SMILES string of the molecule is C[Si](C)(C)CCOCN1C(=O)OCc2cc(Br)ccc21.Cn1c(OC2CCN(c3ccc4c(c3)COC(=O)C4)CC2)nc(-c2ccncn2)cc1=O.Cn1c(OC2CCN(c3ccc4c(c3)COC(=O)N4COCC[Si](C)(C)C)CC2)nc(-c2ccncn2)cc1=O.Cn1c(OC2CCNCC2)nc(-c2ccncn2)cc1=O. The lowest BCUT2D eigenvalue weighted by molar-refractivity contribution is -0.145. The summed E-state index contributed by atoms with van der Waals surface area (Å²) in [6, 6.07) is 30.7. The number of amides is 2. The maximum atomic E-state index is 12.5. The maximum Gasteiger partial charge on any atom is 0.416 e. The molecule has 596 valence electrons. The molecule has 6 aliphatic heterocycles. The fourth-order valence-electron chi connectivity index (χ4n) is 12.9. The summed E-state index contributed by atoms with van der Waals surface area (Å²) in [5.41, 5.74) is 10.6. The third-order valence-electron chi connectivity index (χ3n) is 19.7. The van der Waals surface area contributed by atoms with Crippen molar-refractivity contribution < 1.29 is 52.3 Å². The number of piperidine rings is 3. The van der Waals surface area contributed by atoms with Crippen LogP contribution in [0.3, 0.4) is 0 Å². The highest BCUT2D eigenvalue weighted by molar-refractivity contribution is 9.10. The van der Waals surface area contributed by atoms with Crippen LogP contribution in [0.5, 0.6) is 18.0 Å². The fourth-order valence-corrected chi connectivity index (χ4v) is 14.8. The van der Waals surface area contributed by atoms with Gasteiger partial charge in [-0.2, -0.15) is 15.0 Å². The molecule has 0 unspecified atom stereocenters. The molecule has 34 heteroatoms. The zero-order valence-corrected chi connectivity index (χ0v) is 68.7. The van der Waals surface area contributed by atoms with Crippen molar-refractivity contribution in [3.05, 3.63) is 186 Å². The number of hydrogen-bond donors (Lipinski definition) is 1. The average Bonchev–Trinajstić information content (AvgIpc) is 0.786. The summed E-state index contributed by atoms with van der Waals surface area (Å²) >= 11 is 3.43. The van der Waals surface area contributed by atoms with Crippen molar-refractivity contribution in [1.29, 1.82) is 0 Å². The van der Waals surface area contributed by atoms with Crippen LogP contribution in [-0.2, 0) is 75.9 Å². The molecule has 3 saturated heterocycles. The van der Waals surface area contributed by atoms with Crippen LogP contribution in [0.4, 0.5) is 32.3 Å². The Kier molecular flexibility index (Phi) is 27.4.